The van der Waals surface area contributed by atoms with Gasteiger partial charge in [-0.15, -0.1) is 0 Å². The molecular formula is C18H12N2O5. The maximum Gasteiger partial charge on any atom is 0.336 e. The lowest BCUT2D eigenvalue weighted by atomic mass is 10.0. The summed E-state index contributed by atoms with van der Waals surface area (Å²) in [6, 6.07) is 10.3. The number of furan rings is 1. The minimum atomic E-state index is -1.33. The average molecular weight is 336 g/mol. The number of benzene rings is 1. The first-order chi connectivity index (χ1) is 11.9. The molecule has 0 saturated carbocycles. The van der Waals surface area contributed by atoms with Crippen molar-refractivity contribution in [1.82, 2.24) is 0 Å². The van der Waals surface area contributed by atoms with Crippen LogP contribution in [0.3, 0.4) is 0 Å². The summed E-state index contributed by atoms with van der Waals surface area (Å²) >= 11 is 0. The lowest BCUT2D eigenvalue weighted by Crippen LogP contribution is -2.04. The Morgan fingerprint density at radius 3 is 2.20 bits per heavy atom. The maximum atomic E-state index is 11.0. The summed E-state index contributed by atoms with van der Waals surface area (Å²) in [6.07, 6.45) is 4.38. The van der Waals surface area contributed by atoms with Crippen molar-refractivity contribution in [3.05, 3.63) is 71.2 Å². The lowest BCUT2D eigenvalue weighted by molar-refractivity contribution is 0.0695. The summed E-state index contributed by atoms with van der Waals surface area (Å²) < 4.78 is 4.86. The van der Waals surface area contributed by atoms with E-state index in [1.54, 1.807) is 24.5 Å². The van der Waals surface area contributed by atoms with Crippen molar-refractivity contribution in [2.75, 3.05) is 0 Å². The monoisotopic (exact) mass is 336 g/mol. The highest BCUT2D eigenvalue weighted by Gasteiger charge is 2.13. The molecule has 0 aliphatic heterocycles. The fraction of sp³-hybridized carbons (Fsp3) is 0. The summed E-state index contributed by atoms with van der Waals surface area (Å²) in [5.74, 6) is -1.77. The summed E-state index contributed by atoms with van der Waals surface area (Å²) in [7, 11) is 0. The molecule has 1 aromatic carbocycles. The van der Waals surface area contributed by atoms with E-state index in [9.17, 15) is 9.59 Å². The van der Waals surface area contributed by atoms with Crippen LogP contribution in [0.25, 0.3) is 12.2 Å². The summed E-state index contributed by atoms with van der Waals surface area (Å²) in [4.78, 5) is 21.7. The van der Waals surface area contributed by atoms with Gasteiger partial charge in [0.2, 0.25) is 0 Å². The van der Waals surface area contributed by atoms with Crippen LogP contribution < -0.4 is 0 Å². The molecule has 2 rings (SSSR count). The number of hydrogen-bond donors (Lipinski definition) is 2. The Morgan fingerprint density at radius 1 is 1.12 bits per heavy atom. The van der Waals surface area contributed by atoms with Gasteiger partial charge >= 0.3 is 11.9 Å². The number of nitriles is 2. The smallest absolute Gasteiger partial charge is 0.336 e. The van der Waals surface area contributed by atoms with E-state index < -0.39 is 11.9 Å². The number of allylic oxidation sites excluding steroid dienone is 1. The Kier molecular flexibility index (Phi) is 6.92. The molecule has 2 aromatic rings. The molecule has 0 fully saturated rings. The van der Waals surface area contributed by atoms with E-state index in [0.29, 0.717) is 0 Å². The molecule has 2 N–H and O–H groups in total. The fourth-order valence-corrected chi connectivity index (χ4v) is 1.65. The van der Waals surface area contributed by atoms with Crippen molar-refractivity contribution in [2.24, 2.45) is 0 Å². The fourth-order valence-electron chi connectivity index (χ4n) is 1.65. The van der Waals surface area contributed by atoms with E-state index in [4.69, 9.17) is 25.2 Å². The van der Waals surface area contributed by atoms with E-state index in [2.05, 4.69) is 6.58 Å². The molecule has 124 valence electrons. The number of nitrogens with zero attached hydrogens (tertiary/aromatic N) is 2. The molecule has 0 aliphatic rings. The second-order valence-corrected chi connectivity index (χ2v) is 4.41. The molecule has 0 amide bonds. The van der Waals surface area contributed by atoms with Gasteiger partial charge in [-0.3, -0.25) is 0 Å². The highest BCUT2D eigenvalue weighted by atomic mass is 16.4. The topological polar surface area (TPSA) is 135 Å². The Labute approximate surface area is 143 Å². The van der Waals surface area contributed by atoms with E-state index in [0.717, 1.165) is 17.9 Å². The summed E-state index contributed by atoms with van der Waals surface area (Å²) in [6.45, 7) is 3.51. The molecule has 7 heteroatoms. The molecule has 1 heterocycles. The van der Waals surface area contributed by atoms with Crippen LogP contribution in [-0.4, -0.2) is 22.2 Å². The standard InChI is InChI=1S/C12H6N2O4.C6H6O/c13-5-7(6-14)3-8-1-2-9(11(15)16)4-10(8)12(17)18;1-2-6-4-3-5-7-6/h1-4H,(H,15,16)(H,17,18);2-5H,1H2. The normalized spacial score (nSPS) is 8.72. The predicted octanol–water partition coefficient (Wildman–Crippen LogP) is 3.44. The van der Waals surface area contributed by atoms with Gasteiger partial charge in [0.25, 0.3) is 0 Å². The number of hydrogen-bond acceptors (Lipinski definition) is 5. The van der Waals surface area contributed by atoms with Crippen LogP contribution in [0.4, 0.5) is 0 Å². The number of aromatic carboxylic acids is 2. The largest absolute Gasteiger partial charge is 0.478 e. The van der Waals surface area contributed by atoms with E-state index in [-0.39, 0.29) is 22.3 Å². The molecule has 0 atom stereocenters. The molecule has 0 radical (unpaired) electrons. The van der Waals surface area contributed by atoms with E-state index in [1.165, 1.54) is 12.1 Å². The average Bonchev–Trinajstić information content (AvgIpc) is 3.13. The molecule has 25 heavy (non-hydrogen) atoms. The number of carboxylic acids is 2. The third-order valence-electron chi connectivity index (χ3n) is 2.82. The first-order valence-corrected chi connectivity index (χ1v) is 6.71. The molecule has 1 aromatic heterocycles. The second-order valence-electron chi connectivity index (χ2n) is 4.41. The SMILES string of the molecule is C=Cc1ccco1.N#CC(C#N)=Cc1ccc(C(=O)O)cc1C(=O)O. The first-order valence-electron chi connectivity index (χ1n) is 6.71. The lowest BCUT2D eigenvalue weighted by Gasteiger charge is -2.02. The van der Waals surface area contributed by atoms with Crippen LogP contribution >= 0.6 is 0 Å². The molecule has 7 nitrogen and oxygen atoms in total. The van der Waals surface area contributed by atoms with Crippen molar-refractivity contribution < 1.29 is 24.2 Å². The van der Waals surface area contributed by atoms with Crippen molar-refractivity contribution in [3.8, 4) is 12.1 Å². The molecular weight excluding hydrogens is 324 g/mol. The van der Waals surface area contributed by atoms with Crippen LogP contribution in [0.5, 0.6) is 0 Å². The Morgan fingerprint density at radius 2 is 1.80 bits per heavy atom. The summed E-state index contributed by atoms with van der Waals surface area (Å²) in [5.41, 5.74) is -0.621. The number of carboxylic acid groups (broad SMARTS) is 2. The summed E-state index contributed by atoms with van der Waals surface area (Å²) in [5, 5.41) is 34.8. The maximum absolute atomic E-state index is 11.0. The molecule has 0 bridgehead atoms. The number of rotatable bonds is 4. The van der Waals surface area contributed by atoms with Crippen molar-refractivity contribution in [2.45, 2.75) is 0 Å². The zero-order chi connectivity index (χ0) is 18.8. The second kappa shape index (κ2) is 9.13. The van der Waals surface area contributed by atoms with E-state index >= 15 is 0 Å². The van der Waals surface area contributed by atoms with Crippen LogP contribution in [0.2, 0.25) is 0 Å². The highest BCUT2D eigenvalue weighted by molar-refractivity contribution is 5.97. The van der Waals surface area contributed by atoms with Gasteiger partial charge in [-0.2, -0.15) is 10.5 Å². The van der Waals surface area contributed by atoms with Crippen molar-refractivity contribution in [3.63, 3.8) is 0 Å². The van der Waals surface area contributed by atoms with Gasteiger partial charge in [0.15, 0.2) is 0 Å². The van der Waals surface area contributed by atoms with Gasteiger partial charge in [-0.1, -0.05) is 12.6 Å². The Hall–Kier alpha value is -4.10. The van der Waals surface area contributed by atoms with Gasteiger partial charge in [0, 0.05) is 0 Å². The molecule has 0 spiro atoms. The Balaban J connectivity index is 0.000000370. The molecule has 0 saturated heterocycles. The van der Waals surface area contributed by atoms with Crippen LogP contribution in [0, 0.1) is 22.7 Å². The van der Waals surface area contributed by atoms with Gasteiger partial charge in [0.05, 0.1) is 17.4 Å². The first kappa shape index (κ1) is 18.9. The minimum Gasteiger partial charge on any atom is -0.478 e. The van der Waals surface area contributed by atoms with E-state index in [1.807, 2.05) is 12.1 Å². The van der Waals surface area contributed by atoms with Gasteiger partial charge < -0.3 is 14.6 Å². The van der Waals surface area contributed by atoms with Crippen LogP contribution in [-0.2, 0) is 0 Å². The molecule has 0 unspecified atom stereocenters. The zero-order valence-electron chi connectivity index (χ0n) is 12.8. The molecule has 0 aliphatic carbocycles. The van der Waals surface area contributed by atoms with Gasteiger partial charge in [0.1, 0.15) is 23.5 Å². The minimum absolute atomic E-state index is 0.102. The van der Waals surface area contributed by atoms with Crippen molar-refractivity contribution >= 4 is 24.1 Å². The Bertz CT molecular complexity index is 881. The van der Waals surface area contributed by atoms with Crippen LogP contribution in [0.1, 0.15) is 32.0 Å². The predicted molar refractivity (Wildman–Crippen MR) is 88.4 cm³/mol. The van der Waals surface area contributed by atoms with Crippen molar-refractivity contribution in [1.29, 1.82) is 10.5 Å². The third kappa shape index (κ3) is 5.55. The van der Waals surface area contributed by atoms with Crippen LogP contribution in [0.15, 0.2) is 53.2 Å². The third-order valence-corrected chi connectivity index (χ3v) is 2.82. The quantitative estimate of drug-likeness (QED) is 0.816. The van der Waals surface area contributed by atoms with Gasteiger partial charge in [-0.25, -0.2) is 9.59 Å². The highest BCUT2D eigenvalue weighted by Crippen LogP contribution is 2.16. The number of carbonyl (C=O) groups is 2. The zero-order valence-corrected chi connectivity index (χ0v) is 12.8. The van der Waals surface area contributed by atoms with Gasteiger partial charge in [-0.05, 0) is 42.0 Å².